The van der Waals surface area contributed by atoms with Crippen LogP contribution in [0.5, 0.6) is 0 Å². The van der Waals surface area contributed by atoms with Crippen molar-refractivity contribution >= 4 is 66.6 Å². The molecule has 0 atom stereocenters. The Morgan fingerprint density at radius 1 is 0.551 bits per heavy atom. The molecule has 3 heterocycles. The summed E-state index contributed by atoms with van der Waals surface area (Å²) in [5.41, 5.74) is 13.7. The first-order valence-corrected chi connectivity index (χ1v) is 16.9. The molecule has 0 spiro atoms. The molecule has 0 fully saturated rings. The number of para-hydroxylation sites is 3. The summed E-state index contributed by atoms with van der Waals surface area (Å²) in [5, 5.41) is 6.03. The van der Waals surface area contributed by atoms with Crippen molar-refractivity contribution in [2.75, 3.05) is 4.90 Å². The lowest BCUT2D eigenvalue weighted by Crippen LogP contribution is -2.21. The number of hydrogen-bond acceptors (Lipinski definition) is 2. The maximum absolute atomic E-state index is 6.72. The van der Waals surface area contributed by atoms with E-state index in [1.54, 1.807) is 0 Å². The number of allylic oxidation sites excluding steroid dienone is 1. The Morgan fingerprint density at radius 2 is 1.27 bits per heavy atom. The van der Waals surface area contributed by atoms with E-state index in [2.05, 4.69) is 174 Å². The number of fused-ring (bicyclic) bond motifs is 9. The molecule has 0 N–H and O–H groups in total. The van der Waals surface area contributed by atoms with Gasteiger partial charge >= 0.3 is 0 Å². The van der Waals surface area contributed by atoms with E-state index in [1.807, 2.05) is 6.07 Å². The monoisotopic (exact) mass is 628 g/mol. The van der Waals surface area contributed by atoms with Crippen LogP contribution in [-0.4, -0.2) is 4.57 Å². The summed E-state index contributed by atoms with van der Waals surface area (Å²) in [6, 6.07) is 56.7. The number of aromatic nitrogens is 1. The molecule has 0 aliphatic carbocycles. The Labute approximate surface area is 284 Å². The van der Waals surface area contributed by atoms with E-state index in [9.17, 15) is 0 Å². The molecule has 2 aromatic heterocycles. The van der Waals surface area contributed by atoms with Crippen molar-refractivity contribution in [2.24, 2.45) is 0 Å². The molecular weight excluding hydrogens is 597 g/mol. The Kier molecular flexibility index (Phi) is 6.16. The van der Waals surface area contributed by atoms with Gasteiger partial charge in [-0.15, -0.1) is 0 Å². The fourth-order valence-corrected chi connectivity index (χ4v) is 7.81. The summed E-state index contributed by atoms with van der Waals surface area (Å²) in [4.78, 5) is 2.45. The largest absolute Gasteiger partial charge is 0.454 e. The molecule has 0 saturated carbocycles. The highest BCUT2D eigenvalue weighted by molar-refractivity contribution is 6.13. The van der Waals surface area contributed by atoms with Crippen molar-refractivity contribution in [3.63, 3.8) is 0 Å². The summed E-state index contributed by atoms with van der Waals surface area (Å²) in [6.45, 7) is 2.89. The maximum atomic E-state index is 6.72. The van der Waals surface area contributed by atoms with Crippen molar-refractivity contribution < 1.29 is 4.42 Å². The molecule has 232 valence electrons. The smallest absolute Gasteiger partial charge is 0.159 e. The van der Waals surface area contributed by atoms with E-state index in [0.717, 1.165) is 39.0 Å². The summed E-state index contributed by atoms with van der Waals surface area (Å²) >= 11 is 0. The van der Waals surface area contributed by atoms with Gasteiger partial charge in [-0.25, -0.2) is 0 Å². The van der Waals surface area contributed by atoms with Crippen LogP contribution in [0.2, 0.25) is 0 Å². The molecule has 49 heavy (non-hydrogen) atoms. The van der Waals surface area contributed by atoms with Gasteiger partial charge in [0.2, 0.25) is 0 Å². The standard InChI is InChI=1S/C46H32N2O/c1-30-27-41-38-15-7-9-17-42(38)48(36-23-21-32(22-24-36)34-20-19-31-11-5-6-12-33(31)28-34)43(41)29-47(35-13-3-2-4-14-35)45-37(30)25-26-40-39-16-8-10-18-44(39)49-46(40)45/h2-28H,29H2,1H3/b30-27+. The third-order valence-electron chi connectivity index (χ3n) is 10.2. The van der Waals surface area contributed by atoms with Crippen molar-refractivity contribution in [3.05, 3.63) is 175 Å². The van der Waals surface area contributed by atoms with Gasteiger partial charge in [-0.2, -0.15) is 0 Å². The van der Waals surface area contributed by atoms with Crippen LogP contribution < -0.4 is 4.90 Å². The molecule has 0 bridgehead atoms. The van der Waals surface area contributed by atoms with Crippen LogP contribution in [-0.2, 0) is 6.54 Å². The highest BCUT2D eigenvalue weighted by Crippen LogP contribution is 2.46. The fraction of sp³-hybridized carbons (Fsp3) is 0.0435. The van der Waals surface area contributed by atoms with Gasteiger partial charge in [0, 0.05) is 38.7 Å². The van der Waals surface area contributed by atoms with Gasteiger partial charge in [-0.3, -0.25) is 0 Å². The van der Waals surface area contributed by atoms with Gasteiger partial charge in [-0.1, -0.05) is 109 Å². The summed E-state index contributed by atoms with van der Waals surface area (Å²) < 4.78 is 9.17. The van der Waals surface area contributed by atoms with Gasteiger partial charge < -0.3 is 13.9 Å². The first-order valence-electron chi connectivity index (χ1n) is 16.9. The Hall–Kier alpha value is -6.32. The highest BCUT2D eigenvalue weighted by atomic mass is 16.3. The van der Waals surface area contributed by atoms with Crippen molar-refractivity contribution in [3.8, 4) is 16.8 Å². The fourth-order valence-electron chi connectivity index (χ4n) is 7.81. The average molecular weight is 629 g/mol. The molecule has 9 aromatic rings. The molecule has 3 heteroatoms. The highest BCUT2D eigenvalue weighted by Gasteiger charge is 2.28. The SMILES string of the molecule is C/C1=C\c2c(n(-c3ccc(-c4ccc5ccccc5c4)cc3)c3ccccc23)CN(c2ccccc2)c2c1ccc1c2oc2ccccc21. The Balaban J connectivity index is 1.20. The lowest BCUT2D eigenvalue weighted by atomic mass is 9.95. The predicted molar refractivity (Wildman–Crippen MR) is 206 cm³/mol. The number of nitrogens with zero attached hydrogens (tertiary/aromatic N) is 2. The minimum atomic E-state index is 0.660. The predicted octanol–water partition coefficient (Wildman–Crippen LogP) is 12.6. The Bertz CT molecular complexity index is 2750. The van der Waals surface area contributed by atoms with Crippen LogP contribution in [0.25, 0.3) is 72.1 Å². The lowest BCUT2D eigenvalue weighted by molar-refractivity contribution is 0.667. The Morgan fingerprint density at radius 3 is 2.12 bits per heavy atom. The second-order valence-electron chi connectivity index (χ2n) is 13.0. The van der Waals surface area contributed by atoms with E-state index in [1.165, 1.54) is 55.2 Å². The van der Waals surface area contributed by atoms with Crippen LogP contribution in [0.4, 0.5) is 11.4 Å². The van der Waals surface area contributed by atoms with Crippen molar-refractivity contribution in [2.45, 2.75) is 13.5 Å². The second kappa shape index (κ2) is 10.9. The molecule has 1 aliphatic heterocycles. The lowest BCUT2D eigenvalue weighted by Gasteiger charge is -2.30. The molecule has 3 nitrogen and oxygen atoms in total. The quantitative estimate of drug-likeness (QED) is 0.194. The molecule has 7 aromatic carbocycles. The minimum Gasteiger partial charge on any atom is -0.454 e. The molecular formula is C46H32N2O. The first-order chi connectivity index (χ1) is 24.2. The van der Waals surface area contributed by atoms with E-state index < -0.39 is 0 Å². The van der Waals surface area contributed by atoms with Gasteiger partial charge in [-0.05, 0) is 89.0 Å². The number of rotatable bonds is 3. The topological polar surface area (TPSA) is 21.3 Å². The van der Waals surface area contributed by atoms with Gasteiger partial charge in [0.1, 0.15) is 5.58 Å². The molecule has 1 aliphatic rings. The number of anilines is 2. The first kappa shape index (κ1) is 27.8. The number of hydrogen-bond donors (Lipinski definition) is 0. The van der Waals surface area contributed by atoms with Gasteiger partial charge in [0.05, 0.1) is 23.4 Å². The molecule has 10 rings (SSSR count). The van der Waals surface area contributed by atoms with Crippen LogP contribution in [0.15, 0.2) is 162 Å². The minimum absolute atomic E-state index is 0.660. The third kappa shape index (κ3) is 4.36. The summed E-state index contributed by atoms with van der Waals surface area (Å²) in [6.07, 6.45) is 2.38. The van der Waals surface area contributed by atoms with Crippen molar-refractivity contribution in [1.82, 2.24) is 4.57 Å². The van der Waals surface area contributed by atoms with Gasteiger partial charge in [0.25, 0.3) is 0 Å². The van der Waals surface area contributed by atoms with E-state index >= 15 is 0 Å². The zero-order chi connectivity index (χ0) is 32.5. The van der Waals surface area contributed by atoms with E-state index in [0.29, 0.717) is 6.54 Å². The third-order valence-corrected chi connectivity index (χ3v) is 10.2. The molecule has 0 amide bonds. The van der Waals surface area contributed by atoms with Crippen LogP contribution in [0.3, 0.4) is 0 Å². The second-order valence-corrected chi connectivity index (χ2v) is 13.0. The molecule has 0 radical (unpaired) electrons. The molecule has 0 unspecified atom stereocenters. The average Bonchev–Trinajstić information content (AvgIpc) is 3.68. The van der Waals surface area contributed by atoms with Crippen LogP contribution >= 0.6 is 0 Å². The maximum Gasteiger partial charge on any atom is 0.159 e. The van der Waals surface area contributed by atoms with Crippen LogP contribution in [0.1, 0.15) is 23.7 Å². The molecule has 0 saturated heterocycles. The van der Waals surface area contributed by atoms with Crippen molar-refractivity contribution in [1.29, 1.82) is 0 Å². The zero-order valence-corrected chi connectivity index (χ0v) is 27.1. The van der Waals surface area contributed by atoms with Gasteiger partial charge in [0.15, 0.2) is 5.58 Å². The summed E-state index contributed by atoms with van der Waals surface area (Å²) in [7, 11) is 0. The number of furan rings is 1. The normalized spacial score (nSPS) is 14.1. The zero-order valence-electron chi connectivity index (χ0n) is 27.1. The van der Waals surface area contributed by atoms with E-state index in [4.69, 9.17) is 4.42 Å². The van der Waals surface area contributed by atoms with Crippen LogP contribution in [0, 0.1) is 0 Å². The number of benzene rings is 7. The van der Waals surface area contributed by atoms with E-state index in [-0.39, 0.29) is 0 Å². The summed E-state index contributed by atoms with van der Waals surface area (Å²) in [5.74, 6) is 0.